The first-order valence-corrected chi connectivity index (χ1v) is 17.7. The van der Waals surface area contributed by atoms with Gasteiger partial charge in [0.2, 0.25) is 6.23 Å². The minimum Gasteiger partial charge on any atom is -0.409 e. The zero-order valence-corrected chi connectivity index (χ0v) is 25.7. The number of likely N-dealkylation sites (N-methyl/N-ethyl adjacent to an activating group) is 1. The number of piperazine rings is 1. The highest BCUT2D eigenvalue weighted by Gasteiger charge is 2.46. The number of carbonyl (C=O) groups excluding carboxylic acids is 1. The fraction of sp³-hybridized carbons (Fsp3) is 0.852. The second kappa shape index (κ2) is 16.3. The van der Waals surface area contributed by atoms with E-state index in [2.05, 4.69) is 26.4 Å². The second-order valence-electron chi connectivity index (χ2n) is 11.6. The molecule has 0 aromatic rings. The molecule has 224 valence electrons. The lowest BCUT2D eigenvalue weighted by Crippen LogP contribution is -2.69. The van der Waals surface area contributed by atoms with Gasteiger partial charge in [0.25, 0.3) is 10.1 Å². The molecule has 2 atom stereocenters. The SMILES string of the molecule is C=C(C)C(=O)OC(CCCCCCCCCC)[N+]1(CCCS(=C)(=O)O)CC[N+](C)(CCCS(=O)(=O)O)CC1. The number of hydrogen-bond acceptors (Lipinski definition) is 5. The van der Waals surface area contributed by atoms with Crippen LogP contribution in [0.4, 0.5) is 0 Å². The smallest absolute Gasteiger partial charge is 0.337 e. The van der Waals surface area contributed by atoms with Gasteiger partial charge in [0.15, 0.2) is 0 Å². The van der Waals surface area contributed by atoms with Crippen LogP contribution < -0.4 is 0 Å². The Kier molecular flexibility index (Phi) is 15.1. The van der Waals surface area contributed by atoms with Crippen molar-refractivity contribution in [3.63, 3.8) is 0 Å². The van der Waals surface area contributed by atoms with Gasteiger partial charge in [-0.15, -0.1) is 0 Å². The van der Waals surface area contributed by atoms with Gasteiger partial charge in [-0.2, -0.15) is 8.42 Å². The largest absolute Gasteiger partial charge is 0.409 e. The topological polar surface area (TPSA) is 118 Å². The maximum Gasteiger partial charge on any atom is 0.337 e. The summed E-state index contributed by atoms with van der Waals surface area (Å²) in [5.41, 5.74) is 0.350. The number of nitrogens with zero attached hydrogens (tertiary/aromatic N) is 2. The molecular formula is C27H54N2O7S2+2. The predicted molar refractivity (Wildman–Crippen MR) is 156 cm³/mol. The maximum absolute atomic E-state index is 12.7. The molecule has 0 aromatic carbocycles. The summed E-state index contributed by atoms with van der Waals surface area (Å²) in [6.45, 7) is 11.8. The molecule has 0 saturated carbocycles. The molecule has 2 N–H and O–H groups in total. The van der Waals surface area contributed by atoms with Crippen molar-refractivity contribution in [3.05, 3.63) is 12.2 Å². The summed E-state index contributed by atoms with van der Waals surface area (Å²) in [7, 11) is -5.02. The van der Waals surface area contributed by atoms with Gasteiger partial charge in [0.1, 0.15) is 26.2 Å². The van der Waals surface area contributed by atoms with E-state index >= 15 is 0 Å². The average molecular weight is 583 g/mol. The van der Waals surface area contributed by atoms with E-state index in [1.54, 1.807) is 6.92 Å². The number of esters is 1. The summed E-state index contributed by atoms with van der Waals surface area (Å²) >= 11 is 0. The van der Waals surface area contributed by atoms with E-state index in [0.29, 0.717) is 53.6 Å². The van der Waals surface area contributed by atoms with Crippen LogP contribution in [0.1, 0.15) is 84.5 Å². The lowest BCUT2D eigenvalue weighted by atomic mass is 10.0. The van der Waals surface area contributed by atoms with Gasteiger partial charge in [0, 0.05) is 30.6 Å². The number of unbranched alkanes of at least 4 members (excludes halogenated alkanes) is 7. The monoisotopic (exact) mass is 582 g/mol. The molecule has 0 spiro atoms. The van der Waals surface area contributed by atoms with Gasteiger partial charge < -0.3 is 13.8 Å². The normalized spacial score (nSPS) is 24.4. The van der Waals surface area contributed by atoms with Crippen molar-refractivity contribution in [1.29, 1.82) is 0 Å². The van der Waals surface area contributed by atoms with E-state index in [9.17, 15) is 22.0 Å². The Balaban J connectivity index is 2.97. The molecule has 1 aliphatic rings. The Morgan fingerprint density at radius 2 is 1.39 bits per heavy atom. The van der Waals surface area contributed by atoms with E-state index in [0.717, 1.165) is 38.8 Å². The van der Waals surface area contributed by atoms with Gasteiger partial charge >= 0.3 is 5.97 Å². The lowest BCUT2D eigenvalue weighted by molar-refractivity contribution is -1.04. The summed E-state index contributed by atoms with van der Waals surface area (Å²) < 4.78 is 60.3. The van der Waals surface area contributed by atoms with Gasteiger partial charge in [0.05, 0.1) is 35.7 Å². The molecule has 0 aromatic heterocycles. The van der Waals surface area contributed by atoms with Gasteiger partial charge in [-0.05, 0) is 19.2 Å². The molecule has 1 heterocycles. The Labute approximate surface area is 232 Å². The van der Waals surface area contributed by atoms with Crippen LogP contribution >= 0.6 is 0 Å². The third kappa shape index (κ3) is 14.4. The Morgan fingerprint density at radius 1 is 0.868 bits per heavy atom. The summed E-state index contributed by atoms with van der Waals surface area (Å²) in [6, 6.07) is 0. The van der Waals surface area contributed by atoms with Gasteiger partial charge in [-0.25, -0.2) is 9.00 Å². The molecule has 1 saturated heterocycles. The van der Waals surface area contributed by atoms with Crippen molar-refractivity contribution in [3.8, 4) is 0 Å². The first kappa shape index (κ1) is 35.0. The summed E-state index contributed by atoms with van der Waals surface area (Å²) in [4.78, 5) is 12.7. The third-order valence-electron chi connectivity index (χ3n) is 7.84. The van der Waals surface area contributed by atoms with Crippen LogP contribution in [0.15, 0.2) is 12.2 Å². The highest BCUT2D eigenvalue weighted by Crippen LogP contribution is 2.28. The molecule has 0 aliphatic carbocycles. The third-order valence-corrected chi connectivity index (χ3v) is 9.58. The number of carbonyl (C=O) groups is 1. The molecule has 38 heavy (non-hydrogen) atoms. The minimum absolute atomic E-state index is 0.0897. The molecule has 1 aliphatic heterocycles. The number of rotatable bonds is 20. The van der Waals surface area contributed by atoms with E-state index in [1.807, 2.05) is 0 Å². The number of ether oxygens (including phenoxy) is 1. The van der Waals surface area contributed by atoms with Crippen LogP contribution in [0.2, 0.25) is 0 Å². The number of hydrogen-bond donors (Lipinski definition) is 2. The summed E-state index contributed by atoms with van der Waals surface area (Å²) in [6.07, 6.45) is 10.6. The molecule has 2 unspecified atom stereocenters. The molecule has 11 heteroatoms. The van der Waals surface area contributed by atoms with Crippen LogP contribution in [0.5, 0.6) is 0 Å². The maximum atomic E-state index is 12.7. The van der Waals surface area contributed by atoms with Gasteiger partial charge in [-0.3, -0.25) is 9.04 Å². The van der Waals surface area contributed by atoms with E-state index in [4.69, 9.17) is 9.29 Å². The summed E-state index contributed by atoms with van der Waals surface area (Å²) in [5, 5.41) is 0. The molecule has 1 rings (SSSR count). The van der Waals surface area contributed by atoms with Crippen LogP contribution in [-0.2, 0) is 29.5 Å². The van der Waals surface area contributed by atoms with E-state index in [1.165, 1.54) is 32.1 Å². The second-order valence-corrected chi connectivity index (χ2v) is 15.1. The molecule has 9 nitrogen and oxygen atoms in total. The van der Waals surface area contributed by atoms with Crippen LogP contribution in [-0.4, -0.2) is 107 Å². The molecule has 0 radical (unpaired) electrons. The van der Waals surface area contributed by atoms with Crippen LogP contribution in [0.25, 0.3) is 0 Å². The minimum atomic E-state index is -3.99. The molecule has 0 amide bonds. The zero-order valence-electron chi connectivity index (χ0n) is 24.1. The van der Waals surface area contributed by atoms with Crippen LogP contribution in [0.3, 0.4) is 0 Å². The first-order chi connectivity index (χ1) is 17.6. The quantitative estimate of drug-likeness (QED) is 0.0554. The van der Waals surface area contributed by atoms with Crippen molar-refractivity contribution in [1.82, 2.24) is 0 Å². The van der Waals surface area contributed by atoms with E-state index < -0.39 is 25.9 Å². The van der Waals surface area contributed by atoms with Crippen molar-refractivity contribution in [2.45, 2.75) is 90.7 Å². The lowest BCUT2D eigenvalue weighted by Gasteiger charge is -2.51. The standard InChI is InChI=1S/C27H52N2O7S2/c1-6-7-8-9-10-11-12-13-16-26(36-27(30)25(2)3)29(18-15-23-37(5,31)32)21-19-28(4,20-22-29)17-14-24-38(33,34)35/h26H,2,5-24H2,1,3-4H3/p+2. The fourth-order valence-electron chi connectivity index (χ4n) is 5.34. The van der Waals surface area contributed by atoms with Crippen molar-refractivity contribution in [2.24, 2.45) is 0 Å². The Bertz CT molecular complexity index is 940. The van der Waals surface area contributed by atoms with Crippen molar-refractivity contribution in [2.75, 3.05) is 57.8 Å². The fourth-order valence-corrected chi connectivity index (χ4v) is 6.41. The first-order valence-electron chi connectivity index (χ1n) is 14.2. The van der Waals surface area contributed by atoms with Gasteiger partial charge in [-0.1, -0.05) is 58.4 Å². The molecular weight excluding hydrogens is 528 g/mol. The highest BCUT2D eigenvalue weighted by molar-refractivity contribution is 7.95. The Morgan fingerprint density at radius 3 is 1.89 bits per heavy atom. The van der Waals surface area contributed by atoms with E-state index in [-0.39, 0.29) is 17.7 Å². The van der Waals surface area contributed by atoms with Crippen molar-refractivity contribution < 1.29 is 40.2 Å². The highest BCUT2D eigenvalue weighted by atomic mass is 32.2. The summed E-state index contributed by atoms with van der Waals surface area (Å²) in [5.74, 6) is 2.79. The molecule has 0 bridgehead atoms. The van der Waals surface area contributed by atoms with Crippen molar-refractivity contribution >= 4 is 31.8 Å². The Hall–Kier alpha value is -0.980. The average Bonchev–Trinajstić information content (AvgIpc) is 2.79. The van der Waals surface area contributed by atoms with Crippen LogP contribution in [0, 0.1) is 0 Å². The predicted octanol–water partition coefficient (Wildman–Crippen LogP) is 4.10. The zero-order chi connectivity index (χ0) is 28.9. The number of quaternary nitrogens is 2. The molecule has 1 fully saturated rings.